The lowest BCUT2D eigenvalue weighted by Gasteiger charge is -2.50. The molecule has 3 aromatic rings. The Bertz CT molecular complexity index is 1870. The van der Waals surface area contributed by atoms with Gasteiger partial charge in [-0.15, -0.1) is 6.58 Å². The summed E-state index contributed by atoms with van der Waals surface area (Å²) < 4.78 is 15.4. The average Bonchev–Trinajstić information content (AvgIpc) is 3.16. The molecule has 3 saturated heterocycles. The van der Waals surface area contributed by atoms with E-state index >= 15 is 0 Å². The topological polar surface area (TPSA) is 165 Å². The summed E-state index contributed by atoms with van der Waals surface area (Å²) in [5.41, 5.74) is 2.87. The smallest absolute Gasteiger partial charge is 0.336 e. The van der Waals surface area contributed by atoms with Crippen LogP contribution in [0.15, 0.2) is 96.0 Å². The van der Waals surface area contributed by atoms with Crippen molar-refractivity contribution in [2.45, 2.75) is 44.8 Å². The number of carboxylic acids is 1. The summed E-state index contributed by atoms with van der Waals surface area (Å²) in [5.74, 6) is -1.75. The molecule has 0 saturated carbocycles. The molecule has 1 aromatic heterocycles. The molecular weight excluding hydrogens is 668 g/mol. The second-order valence-corrected chi connectivity index (χ2v) is 13.1. The number of aliphatic hydroxyl groups excluding tert-OH is 1. The van der Waals surface area contributed by atoms with Crippen LogP contribution in [-0.2, 0) is 23.8 Å². The van der Waals surface area contributed by atoms with E-state index < -0.39 is 28.9 Å². The van der Waals surface area contributed by atoms with Gasteiger partial charge in [-0.05, 0) is 68.3 Å². The zero-order valence-corrected chi connectivity index (χ0v) is 29.9. The zero-order valence-electron chi connectivity index (χ0n) is 29.9. The van der Waals surface area contributed by atoms with Crippen molar-refractivity contribution in [3.8, 4) is 0 Å². The van der Waals surface area contributed by atoms with Crippen molar-refractivity contribution in [3.05, 3.63) is 117 Å². The second-order valence-electron chi connectivity index (χ2n) is 13.1. The van der Waals surface area contributed by atoms with Gasteiger partial charge in [-0.3, -0.25) is 20.0 Å². The van der Waals surface area contributed by atoms with Gasteiger partial charge in [-0.2, -0.15) is 0 Å². The van der Waals surface area contributed by atoms with Crippen LogP contribution in [0.1, 0.15) is 49.8 Å². The molecule has 1 unspecified atom stereocenters. The maximum atomic E-state index is 12.7. The molecule has 6 atom stereocenters. The van der Waals surface area contributed by atoms with E-state index in [2.05, 4.69) is 28.6 Å². The highest BCUT2D eigenvalue weighted by molar-refractivity contribution is 5.99. The number of non-ortho nitro benzene ring substituents is 1. The van der Waals surface area contributed by atoms with Gasteiger partial charge in [0.1, 0.15) is 6.73 Å². The van der Waals surface area contributed by atoms with Crippen molar-refractivity contribution < 1.29 is 38.9 Å². The Morgan fingerprint density at radius 3 is 2.50 bits per heavy atom. The minimum Gasteiger partial charge on any atom is -0.478 e. The Labute approximate surface area is 302 Å². The van der Waals surface area contributed by atoms with Crippen LogP contribution < -0.4 is 0 Å². The molecule has 276 valence electrons. The molecule has 5 heterocycles. The van der Waals surface area contributed by atoms with Gasteiger partial charge in [0.25, 0.3) is 5.69 Å². The van der Waals surface area contributed by atoms with Crippen LogP contribution in [0.2, 0.25) is 0 Å². The van der Waals surface area contributed by atoms with Crippen molar-refractivity contribution in [2.75, 3.05) is 47.3 Å². The molecule has 13 heteroatoms. The van der Waals surface area contributed by atoms with Gasteiger partial charge in [0.15, 0.2) is 0 Å². The molecule has 7 rings (SSSR count). The molecule has 2 N–H and O–H groups in total. The number of carbonyl (C=O) groups is 2. The third kappa shape index (κ3) is 7.92. The molecule has 0 radical (unpaired) electrons. The fraction of sp³-hybridized carbons (Fsp3) is 0.410. The van der Waals surface area contributed by atoms with Crippen molar-refractivity contribution in [1.29, 1.82) is 0 Å². The van der Waals surface area contributed by atoms with Gasteiger partial charge in [0, 0.05) is 54.8 Å². The minimum absolute atomic E-state index is 0.0000413. The zero-order chi connectivity index (χ0) is 37.5. The number of allylic oxidation sites excluding steroid dienone is 2. The quantitative estimate of drug-likeness (QED) is 0.0788. The first-order valence-corrected chi connectivity index (χ1v) is 17.2. The number of esters is 1. The molecule has 4 aliphatic heterocycles. The number of carbonyl (C=O) groups excluding carboxylic acids is 1. The van der Waals surface area contributed by atoms with Crippen LogP contribution >= 0.6 is 0 Å². The van der Waals surface area contributed by atoms with Crippen molar-refractivity contribution in [2.24, 2.45) is 11.8 Å². The van der Waals surface area contributed by atoms with Crippen LogP contribution in [0.3, 0.4) is 0 Å². The third-order valence-electron chi connectivity index (χ3n) is 10.4. The summed E-state index contributed by atoms with van der Waals surface area (Å²) in [7, 11) is 2.72. The lowest BCUT2D eigenvalue weighted by molar-refractivity contribution is -0.384. The van der Waals surface area contributed by atoms with E-state index in [1.54, 1.807) is 24.8 Å². The molecular formula is C39H46N4O9. The SMILES string of the molecule is C=C[C@@H]1CN2CC[C@H]1C[C@H]2[C@H](O)c1ccnc2ccccc12.COCCOCN1C(C)=C(C(=O)O)[C@@H](c2cccc([N+](=O)[O-])c2)C(C(=O)OC)=C1C. The number of nitro benzene ring substituents is 1. The van der Waals surface area contributed by atoms with Crippen LogP contribution in [0.5, 0.6) is 0 Å². The molecule has 3 fully saturated rings. The summed E-state index contributed by atoms with van der Waals surface area (Å²) in [6.45, 7) is 9.99. The number of aromatic nitrogens is 1. The van der Waals surface area contributed by atoms with Gasteiger partial charge in [-0.1, -0.05) is 36.4 Å². The molecule has 0 spiro atoms. The van der Waals surface area contributed by atoms with E-state index in [1.807, 2.05) is 30.5 Å². The number of hydrogen-bond acceptors (Lipinski definition) is 11. The Kier molecular flexibility index (Phi) is 12.5. The van der Waals surface area contributed by atoms with E-state index in [0.29, 0.717) is 35.4 Å². The van der Waals surface area contributed by atoms with Gasteiger partial charge >= 0.3 is 11.9 Å². The highest BCUT2D eigenvalue weighted by Crippen LogP contribution is 2.44. The maximum Gasteiger partial charge on any atom is 0.336 e. The van der Waals surface area contributed by atoms with Gasteiger partial charge < -0.3 is 29.3 Å². The Morgan fingerprint density at radius 2 is 1.85 bits per heavy atom. The van der Waals surface area contributed by atoms with E-state index in [4.69, 9.17) is 14.2 Å². The highest BCUT2D eigenvalue weighted by atomic mass is 16.6. The minimum atomic E-state index is -1.25. The number of rotatable bonds is 12. The molecule has 2 aromatic carbocycles. The third-order valence-corrected chi connectivity index (χ3v) is 10.4. The number of nitro groups is 1. The number of ether oxygens (including phenoxy) is 3. The number of hydrogen-bond donors (Lipinski definition) is 2. The van der Waals surface area contributed by atoms with Crippen molar-refractivity contribution >= 4 is 28.5 Å². The average molecular weight is 715 g/mol. The van der Waals surface area contributed by atoms with Gasteiger partial charge in [0.2, 0.25) is 0 Å². The number of nitrogens with zero attached hydrogens (tertiary/aromatic N) is 4. The molecule has 2 bridgehead atoms. The Morgan fingerprint density at radius 1 is 1.10 bits per heavy atom. The lowest BCUT2D eigenvalue weighted by Crippen LogP contribution is -2.54. The van der Waals surface area contributed by atoms with E-state index in [-0.39, 0.29) is 36.2 Å². The first-order chi connectivity index (χ1) is 25.0. The van der Waals surface area contributed by atoms with E-state index in [9.17, 15) is 29.9 Å². The summed E-state index contributed by atoms with van der Waals surface area (Å²) in [6.07, 6.45) is 5.76. The van der Waals surface area contributed by atoms with Gasteiger partial charge in [-0.25, -0.2) is 9.59 Å². The van der Waals surface area contributed by atoms with E-state index in [1.165, 1.54) is 38.8 Å². The fourth-order valence-corrected chi connectivity index (χ4v) is 7.69. The molecule has 0 amide bonds. The first kappa shape index (κ1) is 38.3. The number of aliphatic hydroxyl groups is 1. The highest BCUT2D eigenvalue weighted by Gasteiger charge is 2.43. The van der Waals surface area contributed by atoms with Crippen LogP contribution in [0.25, 0.3) is 10.9 Å². The van der Waals surface area contributed by atoms with Crippen molar-refractivity contribution in [1.82, 2.24) is 14.8 Å². The number of piperidine rings is 3. The standard InChI is InChI=1S/C20H24N2O8.C19H22N2O/c1-12-16(19(23)24)18(14-6-5-7-15(10-14)22(26)27)17(20(25)29-4)13(2)21(12)11-30-9-8-28-3;1-2-13-12-21-10-8-14(13)11-18(21)19(22)16-7-9-20-17-6-4-3-5-15(16)17/h5-7,10,18H,8-9,11H2,1-4H3,(H,23,24);2-7,9,13-14,18-19,22H,1,8,10-12H2/t18-;13-,14+,18+,19-/m11/s1. The Hall–Kier alpha value is -4.95. The van der Waals surface area contributed by atoms with E-state index in [0.717, 1.165) is 36.0 Å². The van der Waals surface area contributed by atoms with Crippen molar-refractivity contribution in [3.63, 3.8) is 0 Å². The number of benzene rings is 2. The number of pyridine rings is 1. The predicted octanol–water partition coefficient (Wildman–Crippen LogP) is 5.58. The fourth-order valence-electron chi connectivity index (χ4n) is 7.69. The van der Waals surface area contributed by atoms with Crippen LogP contribution in [0, 0.1) is 22.0 Å². The van der Waals surface area contributed by atoms with Crippen LogP contribution in [0.4, 0.5) is 5.69 Å². The number of aliphatic carboxylic acids is 1. The summed E-state index contributed by atoms with van der Waals surface area (Å²) in [5, 5.41) is 33.3. The monoisotopic (exact) mass is 714 g/mol. The number of methoxy groups -OCH3 is 2. The summed E-state index contributed by atoms with van der Waals surface area (Å²) in [6, 6.07) is 15.8. The summed E-state index contributed by atoms with van der Waals surface area (Å²) >= 11 is 0. The number of carboxylic acid groups (broad SMARTS) is 1. The lowest BCUT2D eigenvalue weighted by atomic mass is 9.73. The molecule has 13 nitrogen and oxygen atoms in total. The second kappa shape index (κ2) is 17.0. The van der Waals surface area contributed by atoms with Gasteiger partial charge in [0.05, 0.1) is 53.9 Å². The predicted molar refractivity (Wildman–Crippen MR) is 194 cm³/mol. The van der Waals surface area contributed by atoms with Crippen LogP contribution in [-0.4, -0.2) is 95.2 Å². The maximum absolute atomic E-state index is 12.7. The largest absolute Gasteiger partial charge is 0.478 e. The number of fused-ring (bicyclic) bond motifs is 4. The molecule has 52 heavy (non-hydrogen) atoms. The number of para-hydroxylation sites is 1. The normalized spacial score (nSPS) is 23.2. The Balaban J connectivity index is 0.000000209. The molecule has 0 aliphatic carbocycles. The summed E-state index contributed by atoms with van der Waals surface area (Å²) in [4.78, 5) is 43.9. The molecule has 4 aliphatic rings. The first-order valence-electron chi connectivity index (χ1n) is 17.2.